The number of rotatable bonds is 3. The Morgan fingerprint density at radius 2 is 2.00 bits per heavy atom. The number of nitrogens with one attached hydrogen (secondary N) is 1. The number of thiocarbonyl (C=S) groups is 1. The Bertz CT molecular complexity index is 904. The molecule has 7 heteroatoms. The summed E-state index contributed by atoms with van der Waals surface area (Å²) >= 11 is 9.13. The van der Waals surface area contributed by atoms with Crippen LogP contribution >= 0.6 is 28.1 Å². The van der Waals surface area contributed by atoms with Crippen LogP contribution in [0.1, 0.15) is 25.5 Å². The summed E-state index contributed by atoms with van der Waals surface area (Å²) in [5.41, 5.74) is 0.734. The molecule has 2 aliphatic rings. The average molecular weight is 447 g/mol. The van der Waals surface area contributed by atoms with E-state index in [2.05, 4.69) is 21.2 Å². The van der Waals surface area contributed by atoms with E-state index in [9.17, 15) is 4.79 Å². The number of ether oxygens (including phenoxy) is 2. The lowest BCUT2D eigenvalue weighted by atomic mass is 9.79. The number of benzene rings is 2. The molecule has 4 rings (SSSR count). The molecule has 2 aromatic rings. The molecule has 1 fully saturated rings. The molecule has 140 valence electrons. The van der Waals surface area contributed by atoms with Gasteiger partial charge in [-0.05, 0) is 56.4 Å². The molecule has 0 spiro atoms. The highest BCUT2D eigenvalue weighted by Crippen LogP contribution is 2.49. The quantitative estimate of drug-likeness (QED) is 0.563. The Balaban J connectivity index is 1.88. The van der Waals surface area contributed by atoms with Gasteiger partial charge >= 0.3 is 5.97 Å². The van der Waals surface area contributed by atoms with Crippen molar-refractivity contribution >= 4 is 44.9 Å². The number of para-hydroxylation sites is 1. The second kappa shape index (κ2) is 6.80. The van der Waals surface area contributed by atoms with Crippen LogP contribution < -0.4 is 15.0 Å². The number of halogens is 1. The van der Waals surface area contributed by atoms with E-state index in [1.165, 1.54) is 0 Å². The molecule has 3 atom stereocenters. The van der Waals surface area contributed by atoms with E-state index in [-0.39, 0.29) is 12.0 Å². The van der Waals surface area contributed by atoms with Crippen molar-refractivity contribution in [2.45, 2.75) is 25.6 Å². The highest BCUT2D eigenvalue weighted by molar-refractivity contribution is 9.10. The summed E-state index contributed by atoms with van der Waals surface area (Å²) < 4.78 is 12.8. The first-order valence-corrected chi connectivity index (χ1v) is 9.96. The number of nitrogens with zero attached hydrogens (tertiary/aromatic N) is 1. The Hall–Kier alpha value is -2.12. The Morgan fingerprint density at radius 3 is 2.70 bits per heavy atom. The number of carbonyl (C=O) groups is 1. The topological polar surface area (TPSA) is 50.8 Å². The molecule has 2 aliphatic heterocycles. The van der Waals surface area contributed by atoms with Crippen LogP contribution in [0.5, 0.6) is 5.75 Å². The molecular weight excluding hydrogens is 428 g/mol. The van der Waals surface area contributed by atoms with Crippen LogP contribution in [0.3, 0.4) is 0 Å². The van der Waals surface area contributed by atoms with Gasteiger partial charge < -0.3 is 14.8 Å². The Kier molecular flexibility index (Phi) is 4.60. The van der Waals surface area contributed by atoms with Gasteiger partial charge in [0.25, 0.3) is 0 Å². The minimum atomic E-state index is -1.01. The largest absolute Gasteiger partial charge is 0.466 e. The predicted octanol–water partition coefficient (Wildman–Crippen LogP) is 4.17. The summed E-state index contributed by atoms with van der Waals surface area (Å²) in [4.78, 5) is 14.8. The standard InChI is InChI=1S/C20H19BrN2O3S/c1-3-25-18(24)16-17-14-6-4-5-7-15(14)26-20(16,2)23(19(27)22-17)13-10-8-12(21)9-11-13/h4-11,16-17H,3H2,1-2H3,(H,22,27)/t16-,17+,20-/m0/s1. The summed E-state index contributed by atoms with van der Waals surface area (Å²) in [6.45, 7) is 4.01. The van der Waals surface area contributed by atoms with E-state index >= 15 is 0 Å². The Morgan fingerprint density at radius 1 is 1.30 bits per heavy atom. The van der Waals surface area contributed by atoms with Crippen LogP contribution in [0.15, 0.2) is 53.0 Å². The number of hydrogen-bond acceptors (Lipinski definition) is 4. The van der Waals surface area contributed by atoms with Crippen molar-refractivity contribution in [2.24, 2.45) is 5.92 Å². The van der Waals surface area contributed by atoms with Gasteiger partial charge in [-0.15, -0.1) is 0 Å². The van der Waals surface area contributed by atoms with E-state index in [1.54, 1.807) is 6.92 Å². The van der Waals surface area contributed by atoms with E-state index < -0.39 is 11.6 Å². The smallest absolute Gasteiger partial charge is 0.317 e. The first kappa shape index (κ1) is 18.3. The zero-order chi connectivity index (χ0) is 19.2. The van der Waals surface area contributed by atoms with Crippen molar-refractivity contribution in [3.63, 3.8) is 0 Å². The molecule has 0 saturated carbocycles. The van der Waals surface area contributed by atoms with E-state index in [0.29, 0.717) is 11.7 Å². The van der Waals surface area contributed by atoms with Gasteiger partial charge in [0.1, 0.15) is 11.7 Å². The summed E-state index contributed by atoms with van der Waals surface area (Å²) in [5.74, 6) is -0.151. The van der Waals surface area contributed by atoms with Crippen molar-refractivity contribution in [3.05, 3.63) is 58.6 Å². The average Bonchev–Trinajstić information content (AvgIpc) is 2.62. The number of fused-ring (bicyclic) bond motifs is 4. The third kappa shape index (κ3) is 2.89. The van der Waals surface area contributed by atoms with Gasteiger partial charge in [0.15, 0.2) is 5.11 Å². The number of anilines is 1. The first-order valence-electron chi connectivity index (χ1n) is 8.76. The fraction of sp³-hybridized carbons (Fsp3) is 0.300. The third-order valence-corrected chi connectivity index (χ3v) is 5.86. The minimum absolute atomic E-state index is 0.307. The SMILES string of the molecule is CCOC(=O)[C@@H]1[C@@H]2NC(=S)N(c3ccc(Br)cc3)[C@@]1(C)Oc1ccccc12. The summed E-state index contributed by atoms with van der Waals surface area (Å²) in [5, 5.41) is 3.86. The van der Waals surface area contributed by atoms with Gasteiger partial charge in [0.2, 0.25) is 5.72 Å². The molecule has 2 bridgehead atoms. The molecule has 27 heavy (non-hydrogen) atoms. The lowest BCUT2D eigenvalue weighted by Gasteiger charge is -2.55. The summed E-state index contributed by atoms with van der Waals surface area (Å²) in [6, 6.07) is 15.2. The molecular formula is C20H19BrN2O3S. The maximum Gasteiger partial charge on any atom is 0.317 e. The second-order valence-corrected chi connectivity index (χ2v) is 7.97. The van der Waals surface area contributed by atoms with Crippen LogP contribution in [-0.4, -0.2) is 23.4 Å². The molecule has 0 unspecified atom stereocenters. The molecule has 0 radical (unpaired) electrons. The van der Waals surface area contributed by atoms with Crippen LogP contribution in [0.2, 0.25) is 0 Å². The van der Waals surface area contributed by atoms with Crippen molar-refractivity contribution in [1.82, 2.24) is 5.32 Å². The van der Waals surface area contributed by atoms with Crippen molar-refractivity contribution in [3.8, 4) is 5.75 Å². The number of carbonyl (C=O) groups excluding carboxylic acids is 1. The molecule has 2 aromatic carbocycles. The second-order valence-electron chi connectivity index (χ2n) is 6.66. The molecule has 1 N–H and O–H groups in total. The highest BCUT2D eigenvalue weighted by Gasteiger charge is 2.59. The highest BCUT2D eigenvalue weighted by atomic mass is 79.9. The number of esters is 1. The van der Waals surface area contributed by atoms with Gasteiger partial charge in [0.05, 0.1) is 12.6 Å². The van der Waals surface area contributed by atoms with Gasteiger partial charge in [0, 0.05) is 15.7 Å². The van der Waals surface area contributed by atoms with Crippen LogP contribution in [-0.2, 0) is 9.53 Å². The van der Waals surface area contributed by atoms with Crippen LogP contribution in [0.4, 0.5) is 5.69 Å². The first-order chi connectivity index (χ1) is 13.0. The van der Waals surface area contributed by atoms with E-state index in [1.807, 2.05) is 60.4 Å². The molecule has 2 heterocycles. The van der Waals surface area contributed by atoms with Crippen LogP contribution in [0.25, 0.3) is 0 Å². The third-order valence-electron chi connectivity index (χ3n) is 5.03. The maximum atomic E-state index is 12.9. The molecule has 0 aliphatic carbocycles. The van der Waals surface area contributed by atoms with Gasteiger partial charge in [-0.25, -0.2) is 0 Å². The zero-order valence-electron chi connectivity index (χ0n) is 14.9. The van der Waals surface area contributed by atoms with E-state index in [0.717, 1.165) is 21.5 Å². The molecule has 0 aromatic heterocycles. The van der Waals surface area contributed by atoms with Gasteiger partial charge in [-0.1, -0.05) is 34.1 Å². The van der Waals surface area contributed by atoms with Crippen LogP contribution in [0, 0.1) is 5.92 Å². The van der Waals surface area contributed by atoms with Crippen molar-refractivity contribution in [2.75, 3.05) is 11.5 Å². The predicted molar refractivity (Wildman–Crippen MR) is 111 cm³/mol. The minimum Gasteiger partial charge on any atom is -0.466 e. The Labute approximate surface area is 171 Å². The van der Waals surface area contributed by atoms with Crippen molar-refractivity contribution < 1.29 is 14.3 Å². The maximum absolute atomic E-state index is 12.9. The molecule has 5 nitrogen and oxygen atoms in total. The fourth-order valence-electron chi connectivity index (χ4n) is 3.90. The lowest BCUT2D eigenvalue weighted by Crippen LogP contribution is -2.71. The lowest BCUT2D eigenvalue weighted by molar-refractivity contribution is -0.159. The molecule has 0 amide bonds. The monoisotopic (exact) mass is 446 g/mol. The van der Waals surface area contributed by atoms with Gasteiger partial charge in [-0.2, -0.15) is 0 Å². The zero-order valence-corrected chi connectivity index (χ0v) is 17.3. The molecule has 1 saturated heterocycles. The van der Waals surface area contributed by atoms with E-state index in [4.69, 9.17) is 21.7 Å². The number of hydrogen-bond donors (Lipinski definition) is 1. The summed E-state index contributed by atoms with van der Waals surface area (Å²) in [6.07, 6.45) is 0. The van der Waals surface area contributed by atoms with Gasteiger partial charge in [-0.3, -0.25) is 9.69 Å². The van der Waals surface area contributed by atoms with Crippen molar-refractivity contribution in [1.29, 1.82) is 0 Å². The normalized spacial score (nSPS) is 25.9. The summed E-state index contributed by atoms with van der Waals surface area (Å²) in [7, 11) is 0. The fourth-order valence-corrected chi connectivity index (χ4v) is 4.58.